The van der Waals surface area contributed by atoms with Crippen LogP contribution >= 0.6 is 22.7 Å². The lowest BCUT2D eigenvalue weighted by atomic mass is 9.99. The van der Waals surface area contributed by atoms with Crippen molar-refractivity contribution in [3.63, 3.8) is 0 Å². The summed E-state index contributed by atoms with van der Waals surface area (Å²) in [7, 11) is -1.69. The summed E-state index contributed by atoms with van der Waals surface area (Å²) in [5.41, 5.74) is 0. The first-order chi connectivity index (χ1) is 11.4. The van der Waals surface area contributed by atoms with E-state index in [-0.39, 0.29) is 18.4 Å². The maximum absolute atomic E-state index is 12.7. The zero-order chi connectivity index (χ0) is 17.3. The van der Waals surface area contributed by atoms with Gasteiger partial charge in [0.05, 0.1) is 5.92 Å². The Morgan fingerprint density at radius 2 is 2.17 bits per heavy atom. The van der Waals surface area contributed by atoms with E-state index < -0.39 is 10.0 Å². The fourth-order valence-corrected chi connectivity index (χ4v) is 6.36. The number of thiophene rings is 1. The third-order valence-electron chi connectivity index (χ3n) is 4.01. The van der Waals surface area contributed by atoms with Crippen LogP contribution in [0, 0.1) is 12.8 Å². The molecule has 0 aliphatic carbocycles. The van der Waals surface area contributed by atoms with E-state index in [2.05, 4.69) is 4.99 Å². The summed E-state index contributed by atoms with van der Waals surface area (Å²) in [5.74, 6) is -0.619. The minimum absolute atomic E-state index is 0.205. The minimum Gasteiger partial charge on any atom is -0.327 e. The van der Waals surface area contributed by atoms with Crippen LogP contribution in [-0.2, 0) is 21.9 Å². The molecule has 0 bridgehead atoms. The number of hydrogen-bond acceptors (Lipinski definition) is 5. The molecule has 1 saturated heterocycles. The van der Waals surface area contributed by atoms with Gasteiger partial charge in [0.25, 0.3) is 15.9 Å². The van der Waals surface area contributed by atoms with Crippen molar-refractivity contribution in [2.24, 2.45) is 18.0 Å². The third kappa shape index (κ3) is 3.53. The number of nitrogens with zero attached hydrogens (tertiary/aromatic N) is 3. The Bertz CT molecular complexity index is 908. The lowest BCUT2D eigenvalue weighted by Crippen LogP contribution is -2.42. The zero-order valence-corrected chi connectivity index (χ0v) is 16.0. The van der Waals surface area contributed by atoms with E-state index in [1.54, 1.807) is 16.7 Å². The summed E-state index contributed by atoms with van der Waals surface area (Å²) in [4.78, 5) is 18.2. The molecule has 0 aromatic carbocycles. The second-order valence-electron chi connectivity index (χ2n) is 5.81. The molecule has 130 valence electrons. The Labute approximate surface area is 149 Å². The van der Waals surface area contributed by atoms with Crippen LogP contribution in [-0.4, -0.2) is 36.3 Å². The number of hydrogen-bond donors (Lipinski definition) is 0. The molecule has 0 saturated carbocycles. The first-order valence-corrected chi connectivity index (χ1v) is 10.8. The van der Waals surface area contributed by atoms with Crippen LogP contribution in [0.2, 0.25) is 0 Å². The van der Waals surface area contributed by atoms with Gasteiger partial charge >= 0.3 is 0 Å². The number of carbonyl (C=O) groups excluding carboxylic acids is 1. The first-order valence-electron chi connectivity index (χ1n) is 7.63. The number of rotatable bonds is 3. The standard InChI is InChI=1S/C15H19N3O3S3/c1-11-5-6-13(23-11)24(20,21)18-7-3-4-12(10-18)14(19)16-15-17(2)8-9-22-15/h5-6,8-9,12H,3-4,7,10H2,1-2H3/t12-/m0/s1. The average Bonchev–Trinajstić information content (AvgIpc) is 3.17. The second-order valence-corrected chi connectivity index (χ2v) is 10.1. The van der Waals surface area contributed by atoms with E-state index in [9.17, 15) is 13.2 Å². The Morgan fingerprint density at radius 1 is 1.38 bits per heavy atom. The molecule has 9 heteroatoms. The van der Waals surface area contributed by atoms with Crippen molar-refractivity contribution < 1.29 is 13.2 Å². The summed E-state index contributed by atoms with van der Waals surface area (Å²) < 4.78 is 29.0. The summed E-state index contributed by atoms with van der Waals surface area (Å²) in [6.07, 6.45) is 3.19. The quantitative estimate of drug-likeness (QED) is 0.811. The zero-order valence-electron chi connectivity index (χ0n) is 13.5. The van der Waals surface area contributed by atoms with Crippen LogP contribution < -0.4 is 4.80 Å². The molecule has 0 spiro atoms. The molecule has 6 nitrogen and oxygen atoms in total. The highest BCUT2D eigenvalue weighted by molar-refractivity contribution is 7.91. The van der Waals surface area contributed by atoms with Crippen LogP contribution in [0.4, 0.5) is 0 Å². The number of thiazole rings is 1. The van der Waals surface area contributed by atoms with E-state index in [1.807, 2.05) is 25.5 Å². The van der Waals surface area contributed by atoms with Gasteiger partial charge in [0.15, 0.2) is 4.80 Å². The van der Waals surface area contributed by atoms with Gasteiger partial charge in [-0.3, -0.25) is 4.79 Å². The maximum Gasteiger partial charge on any atom is 0.252 e. The van der Waals surface area contributed by atoms with Gasteiger partial charge in [-0.1, -0.05) is 0 Å². The fourth-order valence-electron chi connectivity index (χ4n) is 2.66. The highest BCUT2D eigenvalue weighted by Gasteiger charge is 2.33. The summed E-state index contributed by atoms with van der Waals surface area (Å²) >= 11 is 2.66. The van der Waals surface area contributed by atoms with Crippen molar-refractivity contribution in [2.75, 3.05) is 13.1 Å². The van der Waals surface area contributed by atoms with E-state index >= 15 is 0 Å². The van der Waals surface area contributed by atoms with Crippen molar-refractivity contribution >= 4 is 38.6 Å². The van der Waals surface area contributed by atoms with Crippen LogP contribution in [0.1, 0.15) is 17.7 Å². The number of piperidine rings is 1. The van der Waals surface area contributed by atoms with Gasteiger partial charge in [-0.05, 0) is 31.9 Å². The summed E-state index contributed by atoms with van der Waals surface area (Å²) in [5, 5.41) is 1.86. The normalized spacial score (nSPS) is 20.4. The van der Waals surface area contributed by atoms with Gasteiger partial charge in [-0.25, -0.2) is 8.42 Å². The van der Waals surface area contributed by atoms with Gasteiger partial charge in [0.2, 0.25) is 0 Å². The number of aromatic nitrogens is 1. The number of sulfonamides is 1. The SMILES string of the molecule is Cc1ccc(S(=O)(=O)N2CCC[C@H](C(=O)N=c3sccn3C)C2)s1. The molecule has 2 aromatic heterocycles. The monoisotopic (exact) mass is 385 g/mol. The number of aryl methyl sites for hydroxylation is 2. The lowest BCUT2D eigenvalue weighted by Gasteiger charge is -2.29. The molecule has 3 rings (SSSR count). The smallest absolute Gasteiger partial charge is 0.252 e. The molecule has 0 unspecified atom stereocenters. The maximum atomic E-state index is 12.7. The molecule has 1 aliphatic heterocycles. The van der Waals surface area contributed by atoms with Crippen molar-refractivity contribution in [3.05, 3.63) is 33.4 Å². The molecule has 1 aliphatic rings. The molecule has 1 atom stereocenters. The Morgan fingerprint density at radius 3 is 2.79 bits per heavy atom. The largest absolute Gasteiger partial charge is 0.327 e. The predicted molar refractivity (Wildman–Crippen MR) is 94.4 cm³/mol. The molecule has 24 heavy (non-hydrogen) atoms. The molecule has 2 aromatic rings. The highest BCUT2D eigenvalue weighted by Crippen LogP contribution is 2.28. The van der Waals surface area contributed by atoms with Crippen molar-refractivity contribution in [2.45, 2.75) is 24.0 Å². The molecule has 1 fully saturated rings. The van der Waals surface area contributed by atoms with Crippen molar-refractivity contribution in [3.8, 4) is 0 Å². The van der Waals surface area contributed by atoms with Crippen LogP contribution in [0.25, 0.3) is 0 Å². The van der Waals surface area contributed by atoms with Gasteiger partial charge in [0, 0.05) is 36.6 Å². The van der Waals surface area contributed by atoms with Crippen LogP contribution in [0.5, 0.6) is 0 Å². The molecular formula is C15H19N3O3S3. The van der Waals surface area contributed by atoms with Gasteiger partial charge < -0.3 is 4.57 Å². The van der Waals surface area contributed by atoms with Crippen molar-refractivity contribution in [1.29, 1.82) is 0 Å². The lowest BCUT2D eigenvalue weighted by molar-refractivity contribution is -0.122. The molecule has 1 amide bonds. The topological polar surface area (TPSA) is 71.7 Å². The fraction of sp³-hybridized carbons (Fsp3) is 0.467. The van der Waals surface area contributed by atoms with Crippen LogP contribution in [0.15, 0.2) is 32.9 Å². The second kappa shape index (κ2) is 6.91. The third-order valence-corrected chi connectivity index (χ3v) is 8.19. The minimum atomic E-state index is -3.52. The Balaban J connectivity index is 1.80. The van der Waals surface area contributed by atoms with Crippen molar-refractivity contribution in [1.82, 2.24) is 8.87 Å². The van der Waals surface area contributed by atoms with E-state index in [0.29, 0.717) is 28.4 Å². The Hall–Kier alpha value is -1.29. The molecular weight excluding hydrogens is 366 g/mol. The van der Waals surface area contributed by atoms with Gasteiger partial charge in [-0.2, -0.15) is 9.30 Å². The molecule has 0 N–H and O–H groups in total. The van der Waals surface area contributed by atoms with E-state index in [0.717, 1.165) is 4.88 Å². The predicted octanol–water partition coefficient (Wildman–Crippen LogP) is 1.98. The average molecular weight is 386 g/mol. The number of amides is 1. The first kappa shape index (κ1) is 17.5. The van der Waals surface area contributed by atoms with Gasteiger partial charge in [-0.15, -0.1) is 22.7 Å². The summed E-state index contributed by atoms with van der Waals surface area (Å²) in [6.45, 7) is 2.54. The van der Waals surface area contributed by atoms with Crippen LogP contribution in [0.3, 0.4) is 0 Å². The van der Waals surface area contributed by atoms with E-state index in [4.69, 9.17) is 0 Å². The van der Waals surface area contributed by atoms with Gasteiger partial charge in [0.1, 0.15) is 4.21 Å². The molecule has 0 radical (unpaired) electrons. The number of carbonyl (C=O) groups is 1. The summed E-state index contributed by atoms with van der Waals surface area (Å²) in [6, 6.07) is 3.44. The Kier molecular flexibility index (Phi) is 5.05. The highest BCUT2D eigenvalue weighted by atomic mass is 32.2. The molecule has 3 heterocycles. The van der Waals surface area contributed by atoms with E-state index in [1.165, 1.54) is 27.0 Å².